The topological polar surface area (TPSA) is 107 Å². The third-order valence-corrected chi connectivity index (χ3v) is 4.56. The van der Waals surface area contributed by atoms with Crippen LogP contribution in [0.15, 0.2) is 18.2 Å². The minimum Gasteiger partial charge on any atom is -0.462 e. The molecule has 0 fully saturated rings. The maximum absolute atomic E-state index is 12.3. The maximum Gasteiger partial charge on any atom is 0.339 e. The Morgan fingerprint density at radius 2 is 1.27 bits per heavy atom. The fraction of sp³-hybridized carbons (Fsp3) is 0.318. The van der Waals surface area contributed by atoms with Crippen LogP contribution in [-0.2, 0) is 14.3 Å². The molecular weight excluding hydrogens is 386 g/mol. The molecule has 0 aliphatic rings. The Labute approximate surface area is 173 Å². The van der Waals surface area contributed by atoms with Crippen LogP contribution in [0.2, 0.25) is 0 Å². The van der Waals surface area contributed by atoms with Crippen LogP contribution in [0.25, 0.3) is 21.8 Å². The molecular formula is C22H23N3O5. The molecule has 0 spiro atoms. The van der Waals surface area contributed by atoms with E-state index in [0.29, 0.717) is 50.0 Å². The predicted octanol–water partition coefficient (Wildman–Crippen LogP) is 3.71. The fourth-order valence-corrected chi connectivity index (χ4v) is 3.27. The van der Waals surface area contributed by atoms with Crippen LogP contribution in [0.3, 0.4) is 0 Å². The third kappa shape index (κ3) is 3.94. The van der Waals surface area contributed by atoms with Crippen molar-refractivity contribution < 1.29 is 23.9 Å². The standard InChI is InChI=1S/C22H23N3O5/c1-6-29-21(27)16-9-14-8-15-10-17(22(28)30-7-2)12(4)24-19(15)20(25-13(5)26)18(14)23-11(16)3/h8-10H,6-7H2,1-5H3,(H,25,26). The van der Waals surface area contributed by atoms with Crippen molar-refractivity contribution in [2.45, 2.75) is 34.6 Å². The molecule has 0 bridgehead atoms. The number of pyridine rings is 2. The van der Waals surface area contributed by atoms with Gasteiger partial charge >= 0.3 is 11.9 Å². The average molecular weight is 409 g/mol. The number of ether oxygens (including phenoxy) is 2. The molecule has 8 nitrogen and oxygen atoms in total. The second kappa shape index (κ2) is 8.44. The first-order valence-electron chi connectivity index (χ1n) is 9.64. The zero-order chi connectivity index (χ0) is 22.0. The Kier molecular flexibility index (Phi) is 5.96. The van der Waals surface area contributed by atoms with Gasteiger partial charge in [-0.15, -0.1) is 0 Å². The average Bonchev–Trinajstić information content (AvgIpc) is 2.68. The molecule has 0 unspecified atom stereocenters. The molecule has 0 saturated heterocycles. The van der Waals surface area contributed by atoms with E-state index in [4.69, 9.17) is 9.47 Å². The van der Waals surface area contributed by atoms with Gasteiger partial charge in [-0.25, -0.2) is 19.6 Å². The number of hydrogen-bond acceptors (Lipinski definition) is 7. The van der Waals surface area contributed by atoms with Gasteiger partial charge in [-0.2, -0.15) is 0 Å². The highest BCUT2D eigenvalue weighted by Gasteiger charge is 2.20. The monoisotopic (exact) mass is 409 g/mol. The molecule has 0 atom stereocenters. The van der Waals surface area contributed by atoms with Gasteiger partial charge in [0.2, 0.25) is 5.91 Å². The van der Waals surface area contributed by atoms with E-state index >= 15 is 0 Å². The van der Waals surface area contributed by atoms with E-state index in [0.717, 1.165) is 0 Å². The van der Waals surface area contributed by atoms with Crippen molar-refractivity contribution in [3.63, 3.8) is 0 Å². The van der Waals surface area contributed by atoms with Crippen molar-refractivity contribution in [3.05, 3.63) is 40.7 Å². The van der Waals surface area contributed by atoms with Gasteiger partial charge in [0, 0.05) is 17.7 Å². The number of aromatic nitrogens is 2. The van der Waals surface area contributed by atoms with Crippen LogP contribution in [0.1, 0.15) is 52.9 Å². The summed E-state index contributed by atoms with van der Waals surface area (Å²) in [5.74, 6) is -1.23. The normalized spacial score (nSPS) is 10.8. The van der Waals surface area contributed by atoms with E-state index in [2.05, 4.69) is 15.3 Å². The summed E-state index contributed by atoms with van der Waals surface area (Å²) >= 11 is 0. The Balaban J connectivity index is 2.35. The summed E-state index contributed by atoms with van der Waals surface area (Å²) in [4.78, 5) is 45.6. The van der Waals surface area contributed by atoms with Gasteiger partial charge in [-0.05, 0) is 45.9 Å². The van der Waals surface area contributed by atoms with E-state index in [-0.39, 0.29) is 19.1 Å². The molecule has 0 saturated carbocycles. The number of nitrogens with zero attached hydrogens (tertiary/aromatic N) is 2. The molecule has 8 heteroatoms. The van der Waals surface area contributed by atoms with Gasteiger partial charge in [0.15, 0.2) is 0 Å². The molecule has 156 valence electrons. The summed E-state index contributed by atoms with van der Waals surface area (Å²) in [7, 11) is 0. The smallest absolute Gasteiger partial charge is 0.339 e. The minimum absolute atomic E-state index is 0.247. The van der Waals surface area contributed by atoms with Gasteiger partial charge in [0.05, 0.1) is 52.4 Å². The Hall–Kier alpha value is -3.55. The van der Waals surface area contributed by atoms with Crippen LogP contribution < -0.4 is 5.32 Å². The summed E-state index contributed by atoms with van der Waals surface area (Å²) in [6.07, 6.45) is 0. The molecule has 2 heterocycles. The number of carbonyl (C=O) groups is 3. The molecule has 3 rings (SSSR count). The Morgan fingerprint density at radius 3 is 1.63 bits per heavy atom. The fourth-order valence-electron chi connectivity index (χ4n) is 3.27. The predicted molar refractivity (Wildman–Crippen MR) is 113 cm³/mol. The van der Waals surface area contributed by atoms with Gasteiger partial charge in [-0.3, -0.25) is 4.79 Å². The molecule has 0 aliphatic carbocycles. The number of rotatable bonds is 5. The number of fused-ring (bicyclic) bond motifs is 2. The first-order valence-corrected chi connectivity index (χ1v) is 9.64. The van der Waals surface area contributed by atoms with Crippen molar-refractivity contribution in [2.24, 2.45) is 0 Å². The van der Waals surface area contributed by atoms with E-state index in [1.54, 1.807) is 45.9 Å². The number of anilines is 1. The van der Waals surface area contributed by atoms with Crippen LogP contribution in [0.4, 0.5) is 5.69 Å². The summed E-state index contributed by atoms with van der Waals surface area (Å²) in [6.45, 7) is 8.76. The van der Waals surface area contributed by atoms with Gasteiger partial charge in [-0.1, -0.05) is 0 Å². The van der Waals surface area contributed by atoms with E-state index in [9.17, 15) is 14.4 Å². The van der Waals surface area contributed by atoms with E-state index in [1.165, 1.54) is 6.92 Å². The number of benzene rings is 1. The van der Waals surface area contributed by atoms with E-state index < -0.39 is 11.9 Å². The highest BCUT2D eigenvalue weighted by atomic mass is 16.5. The molecule has 1 amide bonds. The molecule has 1 aromatic carbocycles. The first-order chi connectivity index (χ1) is 14.3. The largest absolute Gasteiger partial charge is 0.462 e. The van der Waals surface area contributed by atoms with Crippen molar-refractivity contribution in [1.82, 2.24) is 9.97 Å². The summed E-state index contributed by atoms with van der Waals surface area (Å²) < 4.78 is 10.2. The zero-order valence-electron chi connectivity index (χ0n) is 17.6. The lowest BCUT2D eigenvalue weighted by Crippen LogP contribution is -2.12. The summed E-state index contributed by atoms with van der Waals surface area (Å²) in [6, 6.07) is 5.12. The van der Waals surface area contributed by atoms with Crippen LogP contribution in [-0.4, -0.2) is 41.0 Å². The van der Waals surface area contributed by atoms with Crippen LogP contribution >= 0.6 is 0 Å². The molecule has 0 aliphatic heterocycles. The van der Waals surface area contributed by atoms with Crippen molar-refractivity contribution >= 4 is 45.3 Å². The number of carbonyl (C=O) groups excluding carboxylic acids is 3. The quantitative estimate of drug-likeness (QED) is 0.505. The Morgan fingerprint density at radius 1 is 0.833 bits per heavy atom. The van der Waals surface area contributed by atoms with Gasteiger partial charge in [0.1, 0.15) is 0 Å². The van der Waals surface area contributed by atoms with E-state index in [1.807, 2.05) is 0 Å². The Bertz CT molecular complexity index is 1100. The number of aryl methyl sites for hydroxylation is 2. The highest BCUT2D eigenvalue weighted by Crippen LogP contribution is 2.33. The summed E-state index contributed by atoms with van der Waals surface area (Å²) in [5, 5.41) is 4.02. The number of nitrogens with one attached hydrogen (secondary N) is 1. The lowest BCUT2D eigenvalue weighted by atomic mass is 10.0. The minimum atomic E-state index is -0.472. The SMILES string of the molecule is CCOC(=O)c1cc2cc3cc(C(=O)OCC)c(C)nc3c(NC(C)=O)c2nc1C. The van der Waals surface area contributed by atoms with Crippen molar-refractivity contribution in [3.8, 4) is 0 Å². The third-order valence-electron chi connectivity index (χ3n) is 4.56. The second-order valence-electron chi connectivity index (χ2n) is 6.76. The maximum atomic E-state index is 12.3. The lowest BCUT2D eigenvalue weighted by molar-refractivity contribution is -0.114. The van der Waals surface area contributed by atoms with Crippen molar-refractivity contribution in [1.29, 1.82) is 0 Å². The lowest BCUT2D eigenvalue weighted by Gasteiger charge is -2.14. The molecule has 30 heavy (non-hydrogen) atoms. The molecule has 1 N–H and O–H groups in total. The number of hydrogen-bond donors (Lipinski definition) is 1. The van der Waals surface area contributed by atoms with Crippen LogP contribution in [0, 0.1) is 13.8 Å². The van der Waals surface area contributed by atoms with Gasteiger partial charge < -0.3 is 14.8 Å². The van der Waals surface area contributed by atoms with Crippen LogP contribution in [0.5, 0.6) is 0 Å². The second-order valence-corrected chi connectivity index (χ2v) is 6.76. The first kappa shape index (κ1) is 21.2. The molecule has 0 radical (unpaired) electrons. The zero-order valence-corrected chi connectivity index (χ0v) is 17.6. The van der Waals surface area contributed by atoms with Crippen molar-refractivity contribution in [2.75, 3.05) is 18.5 Å². The van der Waals surface area contributed by atoms with Gasteiger partial charge in [0.25, 0.3) is 0 Å². The molecule has 3 aromatic rings. The highest BCUT2D eigenvalue weighted by molar-refractivity contribution is 6.14. The number of esters is 2. The number of amides is 1. The molecule has 2 aromatic heterocycles. The summed E-state index contributed by atoms with van der Waals surface area (Å²) in [5.41, 5.74) is 3.05.